The Balaban J connectivity index is 0.728. The molecule has 86 heavy (non-hydrogen) atoms. The molecule has 10 rings (SSSR count). The van der Waals surface area contributed by atoms with Gasteiger partial charge in [0.25, 0.3) is 11.7 Å². The number of hydrogen-bond acceptors (Lipinski definition) is 11. The zero-order valence-corrected chi connectivity index (χ0v) is 49.8. The highest BCUT2D eigenvalue weighted by Gasteiger charge is 2.38. The summed E-state index contributed by atoms with van der Waals surface area (Å²) in [6.07, 6.45) is -0.0242. The van der Waals surface area contributed by atoms with E-state index in [0.29, 0.717) is 59.1 Å². The van der Waals surface area contributed by atoms with Gasteiger partial charge in [0.15, 0.2) is 5.78 Å². The van der Waals surface area contributed by atoms with Gasteiger partial charge in [-0.05, 0) is 120 Å². The lowest BCUT2D eigenvalue weighted by atomic mass is 9.95. The molecule has 1 unspecified atom stereocenters. The predicted octanol–water partition coefficient (Wildman–Crippen LogP) is 9.97. The lowest BCUT2D eigenvalue weighted by Crippen LogP contribution is -2.56. The van der Waals surface area contributed by atoms with Crippen molar-refractivity contribution >= 4 is 92.0 Å². The molecule has 2 aliphatic heterocycles. The van der Waals surface area contributed by atoms with Gasteiger partial charge in [-0.3, -0.25) is 24.0 Å². The molecule has 0 spiro atoms. The minimum Gasteiger partial charge on any atom is -0.459 e. The molecule has 1 aliphatic carbocycles. The fraction of sp³-hybridized carbons (Fsp3) is 0.343. The normalized spacial score (nSPS) is 15.8. The van der Waals surface area contributed by atoms with Crippen molar-refractivity contribution in [1.82, 2.24) is 30.7 Å². The molecule has 18 nitrogen and oxygen atoms in total. The van der Waals surface area contributed by atoms with Gasteiger partial charge in [0.2, 0.25) is 11.8 Å². The number of anilines is 2. The number of hydrogen-bond donors (Lipinski definition) is 5. The first-order valence-electron chi connectivity index (χ1n) is 29.2. The van der Waals surface area contributed by atoms with E-state index in [1.807, 2.05) is 126 Å². The molecule has 3 heterocycles. The number of likely N-dealkylation sites (N-methyl/N-ethyl adjacent to an activating group) is 1. The van der Waals surface area contributed by atoms with Crippen molar-refractivity contribution < 1.29 is 47.8 Å². The number of carbonyl (C=O) groups excluding carboxylic acids is 8. The highest BCUT2D eigenvalue weighted by Crippen LogP contribution is 2.47. The summed E-state index contributed by atoms with van der Waals surface area (Å²) >= 11 is 6.58. The van der Waals surface area contributed by atoms with Crippen molar-refractivity contribution in [2.75, 3.05) is 62.5 Å². The molecule has 0 radical (unpaired) electrons. The number of halogens is 1. The summed E-state index contributed by atoms with van der Waals surface area (Å²) < 4.78 is 11.7. The Morgan fingerprint density at radius 2 is 1.33 bits per heavy atom. The number of ketones is 2. The van der Waals surface area contributed by atoms with Gasteiger partial charge in [-0.2, -0.15) is 0 Å². The van der Waals surface area contributed by atoms with Crippen LogP contribution in [0.1, 0.15) is 102 Å². The molecule has 3 aliphatic rings. The number of nitrogens with one attached hydrogen (secondary N) is 5. The van der Waals surface area contributed by atoms with Crippen molar-refractivity contribution in [3.05, 3.63) is 161 Å². The Morgan fingerprint density at radius 3 is 1.99 bits per heavy atom. The van der Waals surface area contributed by atoms with Gasteiger partial charge in [-0.25, -0.2) is 14.4 Å². The number of alkyl halides is 1. The van der Waals surface area contributed by atoms with Gasteiger partial charge in [-0.1, -0.05) is 107 Å². The second-order valence-corrected chi connectivity index (χ2v) is 23.8. The molecular weight excluding hydrogens is 1110 g/mol. The molecule has 1 saturated heterocycles. The maximum absolute atomic E-state index is 14.5. The van der Waals surface area contributed by atoms with E-state index < -0.39 is 53.8 Å². The van der Waals surface area contributed by atoms with Crippen molar-refractivity contribution in [2.24, 2.45) is 11.8 Å². The van der Waals surface area contributed by atoms with Crippen LogP contribution < -0.4 is 30.9 Å². The Morgan fingerprint density at radius 1 is 0.686 bits per heavy atom. The Labute approximate surface area is 504 Å². The second-order valence-electron chi connectivity index (χ2n) is 23.5. The molecule has 0 bridgehead atoms. The molecule has 6 aromatic carbocycles. The minimum absolute atomic E-state index is 0.0472. The number of aromatic nitrogens is 1. The zero-order valence-electron chi connectivity index (χ0n) is 49.0. The number of Topliss-reactive ketones (excluding diaryl/α,β-unsaturated/α-hetero) is 2. The monoisotopic (exact) mass is 1180 g/mol. The van der Waals surface area contributed by atoms with Gasteiger partial charge in [-0.15, -0.1) is 11.6 Å². The topological polar surface area (TPSA) is 229 Å². The summed E-state index contributed by atoms with van der Waals surface area (Å²) in [6, 6.07) is 34.7. The van der Waals surface area contributed by atoms with Crippen LogP contribution in [0.5, 0.6) is 5.75 Å². The quantitative estimate of drug-likeness (QED) is 0.0209. The number of esters is 1. The first kappa shape index (κ1) is 60.3. The molecular formula is C67H71ClN8O10. The van der Waals surface area contributed by atoms with Crippen LogP contribution in [-0.2, 0) is 30.3 Å². The van der Waals surface area contributed by atoms with Crippen LogP contribution >= 0.6 is 11.6 Å². The van der Waals surface area contributed by atoms with E-state index in [-0.39, 0.29) is 67.1 Å². The lowest BCUT2D eigenvalue weighted by molar-refractivity contribution is -0.155. The third-order valence-corrected chi connectivity index (χ3v) is 16.6. The van der Waals surface area contributed by atoms with Gasteiger partial charge < -0.3 is 50.4 Å². The summed E-state index contributed by atoms with van der Waals surface area (Å²) in [5.41, 5.74) is 8.11. The van der Waals surface area contributed by atoms with Crippen LogP contribution in [0.3, 0.4) is 0 Å². The van der Waals surface area contributed by atoms with Gasteiger partial charge in [0, 0.05) is 90.5 Å². The Bertz CT molecular complexity index is 3710. The number of amides is 6. The van der Waals surface area contributed by atoms with E-state index in [0.717, 1.165) is 57.1 Å². The summed E-state index contributed by atoms with van der Waals surface area (Å²) in [7, 11) is 2.02. The molecule has 0 saturated carbocycles. The largest absolute Gasteiger partial charge is 0.459 e. The highest BCUT2D eigenvalue weighted by atomic mass is 35.5. The molecule has 446 valence electrons. The molecule has 1 aromatic heterocycles. The number of carbonyl (C=O) groups is 8. The van der Waals surface area contributed by atoms with Gasteiger partial charge >= 0.3 is 18.1 Å². The first-order chi connectivity index (χ1) is 41.3. The minimum atomic E-state index is -1.21. The van der Waals surface area contributed by atoms with Crippen LogP contribution in [0.2, 0.25) is 0 Å². The maximum atomic E-state index is 14.5. The fourth-order valence-electron chi connectivity index (χ4n) is 11.8. The molecule has 19 heteroatoms. The second kappa shape index (κ2) is 26.2. The van der Waals surface area contributed by atoms with Crippen LogP contribution in [0.4, 0.5) is 21.0 Å². The number of fused-ring (bicyclic) bond motifs is 7. The number of piperazine rings is 1. The van der Waals surface area contributed by atoms with E-state index in [9.17, 15) is 38.4 Å². The summed E-state index contributed by atoms with van der Waals surface area (Å²) in [6.45, 7) is 11.8. The molecule has 4 atom stereocenters. The van der Waals surface area contributed by atoms with Crippen LogP contribution in [0.25, 0.3) is 32.8 Å². The van der Waals surface area contributed by atoms with Gasteiger partial charge in [0.05, 0.1) is 11.7 Å². The van der Waals surface area contributed by atoms with E-state index in [2.05, 4.69) is 31.2 Å². The maximum Gasteiger partial charge on any atom is 0.415 e. The standard InChI is InChI=1S/C67H71ClN8O10/c1-38(2)29-54(61(78)65(82)85-37-52-48-15-9-7-13-46(48)47-14-8-10-16-49(47)52)72-62(79)40(5)69-63(80)55(30-39(3)4)73-66(83)70-45-22-20-42(21-23-45)58(77)32-41-19-24-53-43(31-41)33-56(71-53)64(81)76-36-44(35-68)60-51-18-12-11-17-50(51)59(34-57(60)76)86-67(84)75-27-25-74(6)26-28-75/h7-24,31,33-34,38-40,44,52,54-55,71H,25-30,32,35-37H2,1-6H3,(H,69,80)(H,72,79)(H2,70,73,83)/t40-,44+,54?,55-/m0/s1. The van der Waals surface area contributed by atoms with Crippen molar-refractivity contribution in [3.8, 4) is 16.9 Å². The van der Waals surface area contributed by atoms with E-state index >= 15 is 0 Å². The van der Waals surface area contributed by atoms with E-state index in [1.165, 1.54) is 6.92 Å². The molecule has 6 amide bonds. The van der Waals surface area contributed by atoms with Crippen molar-refractivity contribution in [1.29, 1.82) is 0 Å². The summed E-state index contributed by atoms with van der Waals surface area (Å²) in [4.78, 5) is 118. The van der Waals surface area contributed by atoms with E-state index in [4.69, 9.17) is 21.1 Å². The number of nitrogens with zero attached hydrogens (tertiary/aromatic N) is 3. The third kappa shape index (κ3) is 13.3. The molecule has 1 fully saturated rings. The Kier molecular flexibility index (Phi) is 18.3. The predicted molar refractivity (Wildman–Crippen MR) is 331 cm³/mol. The number of benzene rings is 6. The number of aromatic amines is 1. The van der Waals surface area contributed by atoms with Crippen molar-refractivity contribution in [2.45, 2.75) is 83.8 Å². The number of rotatable bonds is 20. The summed E-state index contributed by atoms with van der Waals surface area (Å²) in [5, 5.41) is 13.1. The molecule has 7 aromatic rings. The third-order valence-electron chi connectivity index (χ3n) is 16.2. The highest BCUT2D eigenvalue weighted by molar-refractivity contribution is 6.36. The number of H-pyrrole nitrogens is 1. The fourth-order valence-corrected chi connectivity index (χ4v) is 12.0. The van der Waals surface area contributed by atoms with Crippen LogP contribution in [0.15, 0.2) is 127 Å². The molecule has 5 N–H and O–H groups in total. The van der Waals surface area contributed by atoms with Crippen molar-refractivity contribution in [3.63, 3.8) is 0 Å². The first-order valence-corrected chi connectivity index (χ1v) is 29.8. The Hall–Kier alpha value is -8.87. The van der Waals surface area contributed by atoms with Crippen LogP contribution in [-0.4, -0.2) is 133 Å². The number of urea groups is 1. The number of ether oxygens (including phenoxy) is 2. The average molecular weight is 1180 g/mol. The van der Waals surface area contributed by atoms with E-state index in [1.54, 1.807) is 46.2 Å². The lowest BCUT2D eigenvalue weighted by Gasteiger charge is -2.31. The van der Waals surface area contributed by atoms with Crippen LogP contribution in [0, 0.1) is 11.8 Å². The summed E-state index contributed by atoms with van der Waals surface area (Å²) in [5.74, 6) is -3.71. The average Bonchev–Trinajstić information content (AvgIpc) is 1.72. The van der Waals surface area contributed by atoms with Gasteiger partial charge in [0.1, 0.15) is 30.1 Å². The zero-order chi connectivity index (χ0) is 60.9. The SMILES string of the molecule is CC(C)CC(NC(=O)[C@H](C)NC(=O)[C@H](CC(C)C)NC(=O)Nc1ccc(C(=O)Cc2ccc3[nH]c(C(=O)N4C[C@@H](CCl)c5c4cc(OC(=O)N4CCN(C)CC4)c4ccccc54)cc3c2)cc1)C(=O)C(=O)OCC1c2ccccc2-c2ccccc21. The smallest absolute Gasteiger partial charge is 0.415 e.